The minimum Gasteiger partial charge on any atom is -0.380 e. The summed E-state index contributed by atoms with van der Waals surface area (Å²) in [6.07, 6.45) is 4.37. The molecule has 2 heteroatoms. The van der Waals surface area contributed by atoms with Gasteiger partial charge in [-0.25, -0.2) is 0 Å². The topological polar surface area (TPSA) is 24.1 Å². The van der Waals surface area contributed by atoms with E-state index in [2.05, 4.69) is 74.7 Å². The lowest BCUT2D eigenvalue weighted by Crippen LogP contribution is -2.05. The van der Waals surface area contributed by atoms with E-state index in [-0.39, 0.29) is 0 Å². The Morgan fingerprint density at radius 3 is 1.56 bits per heavy atom. The summed E-state index contributed by atoms with van der Waals surface area (Å²) in [5.41, 5.74) is 4.96. The summed E-state index contributed by atoms with van der Waals surface area (Å²) in [6.45, 7) is 10.2. The monoisotopic (exact) mass is 244 g/mol. The van der Waals surface area contributed by atoms with Crippen LogP contribution in [0.3, 0.4) is 0 Å². The summed E-state index contributed by atoms with van der Waals surface area (Å²) in [7, 11) is 0. The summed E-state index contributed by atoms with van der Waals surface area (Å²) in [6, 6.07) is 8.31. The SMILES string of the molecule is CC(C)=CCNc1ccccc1NCC=C(C)C. The number of benzene rings is 1. The Morgan fingerprint density at radius 1 is 0.833 bits per heavy atom. The molecule has 0 fully saturated rings. The Labute approximate surface area is 111 Å². The van der Waals surface area contributed by atoms with Crippen LogP contribution in [-0.2, 0) is 0 Å². The predicted molar refractivity (Wildman–Crippen MR) is 82.3 cm³/mol. The van der Waals surface area contributed by atoms with Crippen LogP contribution in [-0.4, -0.2) is 13.1 Å². The maximum atomic E-state index is 3.42. The molecule has 0 unspecified atom stereocenters. The molecule has 0 atom stereocenters. The highest BCUT2D eigenvalue weighted by atomic mass is 14.9. The maximum absolute atomic E-state index is 3.42. The van der Waals surface area contributed by atoms with Gasteiger partial charge in [0.2, 0.25) is 0 Å². The van der Waals surface area contributed by atoms with Gasteiger partial charge in [0, 0.05) is 13.1 Å². The molecule has 0 saturated carbocycles. The van der Waals surface area contributed by atoms with E-state index in [9.17, 15) is 0 Å². The second-order valence-corrected chi connectivity index (χ2v) is 4.87. The predicted octanol–water partition coefficient (Wildman–Crippen LogP) is 4.44. The van der Waals surface area contributed by atoms with E-state index < -0.39 is 0 Å². The normalized spacial score (nSPS) is 9.56. The molecule has 2 N–H and O–H groups in total. The van der Waals surface area contributed by atoms with E-state index in [0.29, 0.717) is 0 Å². The Kier molecular flexibility index (Phi) is 6.06. The van der Waals surface area contributed by atoms with Crippen LogP contribution in [0.2, 0.25) is 0 Å². The summed E-state index contributed by atoms with van der Waals surface area (Å²) in [5, 5.41) is 6.85. The largest absolute Gasteiger partial charge is 0.380 e. The van der Waals surface area contributed by atoms with Crippen LogP contribution in [0.4, 0.5) is 11.4 Å². The zero-order valence-corrected chi connectivity index (χ0v) is 11.9. The Balaban J connectivity index is 2.61. The number of hydrogen-bond acceptors (Lipinski definition) is 2. The third-order valence-corrected chi connectivity index (χ3v) is 2.53. The third kappa shape index (κ3) is 5.58. The van der Waals surface area contributed by atoms with Crippen molar-refractivity contribution in [1.29, 1.82) is 0 Å². The average Bonchev–Trinajstić information content (AvgIpc) is 2.30. The first-order chi connectivity index (χ1) is 8.59. The van der Waals surface area contributed by atoms with Crippen LogP contribution < -0.4 is 10.6 Å². The smallest absolute Gasteiger partial charge is 0.0578 e. The molecule has 0 amide bonds. The molecule has 2 nitrogen and oxygen atoms in total. The first-order valence-corrected chi connectivity index (χ1v) is 6.43. The fraction of sp³-hybridized carbons (Fsp3) is 0.375. The lowest BCUT2D eigenvalue weighted by molar-refractivity contribution is 1.24. The number of rotatable bonds is 6. The van der Waals surface area contributed by atoms with Gasteiger partial charge in [-0.05, 0) is 39.8 Å². The second-order valence-electron chi connectivity index (χ2n) is 4.87. The molecule has 1 rings (SSSR count). The van der Waals surface area contributed by atoms with Crippen molar-refractivity contribution in [3.63, 3.8) is 0 Å². The molecule has 0 aliphatic heterocycles. The molecule has 0 radical (unpaired) electrons. The molecule has 0 aliphatic carbocycles. The van der Waals surface area contributed by atoms with Gasteiger partial charge in [0.25, 0.3) is 0 Å². The van der Waals surface area contributed by atoms with Crippen LogP contribution in [0, 0.1) is 0 Å². The van der Waals surface area contributed by atoms with Crippen molar-refractivity contribution in [3.8, 4) is 0 Å². The second kappa shape index (κ2) is 7.59. The quantitative estimate of drug-likeness (QED) is 0.723. The highest BCUT2D eigenvalue weighted by Gasteiger charge is 1.98. The van der Waals surface area contributed by atoms with Gasteiger partial charge in [0.05, 0.1) is 11.4 Å². The van der Waals surface area contributed by atoms with Crippen molar-refractivity contribution in [1.82, 2.24) is 0 Å². The minimum atomic E-state index is 0.865. The number of nitrogens with one attached hydrogen (secondary N) is 2. The zero-order chi connectivity index (χ0) is 13.4. The summed E-state index contributed by atoms with van der Waals surface area (Å²) in [5.74, 6) is 0. The Morgan fingerprint density at radius 2 is 1.22 bits per heavy atom. The van der Waals surface area contributed by atoms with Crippen molar-refractivity contribution in [2.24, 2.45) is 0 Å². The van der Waals surface area contributed by atoms with E-state index in [1.807, 2.05) is 0 Å². The minimum absolute atomic E-state index is 0.865. The number of anilines is 2. The molecule has 1 aromatic rings. The fourth-order valence-corrected chi connectivity index (χ4v) is 1.52. The van der Waals surface area contributed by atoms with Crippen molar-refractivity contribution >= 4 is 11.4 Å². The molecule has 0 spiro atoms. The molecule has 1 aromatic carbocycles. The number of hydrogen-bond donors (Lipinski definition) is 2. The van der Waals surface area contributed by atoms with Gasteiger partial charge < -0.3 is 10.6 Å². The van der Waals surface area contributed by atoms with Crippen LogP contribution >= 0.6 is 0 Å². The first-order valence-electron chi connectivity index (χ1n) is 6.43. The van der Waals surface area contributed by atoms with Crippen LogP contribution in [0.25, 0.3) is 0 Å². The van der Waals surface area contributed by atoms with Crippen LogP contribution in [0.15, 0.2) is 47.6 Å². The van der Waals surface area contributed by atoms with Gasteiger partial charge in [-0.1, -0.05) is 35.4 Å². The molecule has 18 heavy (non-hydrogen) atoms. The van der Waals surface area contributed by atoms with Crippen molar-refractivity contribution in [2.75, 3.05) is 23.7 Å². The van der Waals surface area contributed by atoms with E-state index in [1.165, 1.54) is 11.1 Å². The van der Waals surface area contributed by atoms with Crippen LogP contribution in [0.1, 0.15) is 27.7 Å². The molecule has 0 aliphatic rings. The summed E-state index contributed by atoms with van der Waals surface area (Å²) < 4.78 is 0. The maximum Gasteiger partial charge on any atom is 0.0578 e. The van der Waals surface area contributed by atoms with Gasteiger partial charge in [0.15, 0.2) is 0 Å². The third-order valence-electron chi connectivity index (χ3n) is 2.53. The standard InChI is InChI=1S/C16H24N2/c1-13(2)9-11-17-15-7-5-6-8-16(15)18-12-10-14(3)4/h5-10,17-18H,11-12H2,1-4H3. The zero-order valence-electron chi connectivity index (χ0n) is 11.9. The molecule has 0 bridgehead atoms. The number of para-hydroxylation sites is 2. The van der Waals surface area contributed by atoms with E-state index in [4.69, 9.17) is 0 Å². The molecule has 98 valence electrons. The Hall–Kier alpha value is -1.70. The van der Waals surface area contributed by atoms with Crippen molar-refractivity contribution < 1.29 is 0 Å². The van der Waals surface area contributed by atoms with Gasteiger partial charge in [-0.3, -0.25) is 0 Å². The molecule has 0 heterocycles. The van der Waals surface area contributed by atoms with Crippen molar-refractivity contribution in [3.05, 3.63) is 47.6 Å². The van der Waals surface area contributed by atoms with Gasteiger partial charge in [-0.2, -0.15) is 0 Å². The lowest BCUT2D eigenvalue weighted by atomic mass is 10.2. The fourth-order valence-electron chi connectivity index (χ4n) is 1.52. The van der Waals surface area contributed by atoms with Crippen LogP contribution in [0.5, 0.6) is 0 Å². The van der Waals surface area contributed by atoms with Gasteiger partial charge in [-0.15, -0.1) is 0 Å². The molecular weight excluding hydrogens is 220 g/mol. The highest BCUT2D eigenvalue weighted by Crippen LogP contribution is 2.20. The lowest BCUT2D eigenvalue weighted by Gasteiger charge is -2.12. The molecule has 0 aromatic heterocycles. The van der Waals surface area contributed by atoms with E-state index >= 15 is 0 Å². The molecule has 0 saturated heterocycles. The molecular formula is C16H24N2. The summed E-state index contributed by atoms with van der Waals surface area (Å²) in [4.78, 5) is 0. The first kappa shape index (κ1) is 14.4. The van der Waals surface area contributed by atoms with E-state index in [1.54, 1.807) is 0 Å². The number of allylic oxidation sites excluding steroid dienone is 2. The van der Waals surface area contributed by atoms with Gasteiger partial charge >= 0.3 is 0 Å². The summed E-state index contributed by atoms with van der Waals surface area (Å²) >= 11 is 0. The highest BCUT2D eigenvalue weighted by molar-refractivity contribution is 5.68. The van der Waals surface area contributed by atoms with Crippen molar-refractivity contribution in [2.45, 2.75) is 27.7 Å². The average molecular weight is 244 g/mol. The Bertz CT molecular complexity index is 381. The van der Waals surface area contributed by atoms with Gasteiger partial charge in [0.1, 0.15) is 0 Å². The van der Waals surface area contributed by atoms with E-state index in [0.717, 1.165) is 24.5 Å².